The lowest BCUT2D eigenvalue weighted by Gasteiger charge is -2.19. The molecule has 1 N–H and O–H groups in total. The van der Waals surface area contributed by atoms with Gasteiger partial charge in [-0.3, -0.25) is 4.79 Å². The van der Waals surface area contributed by atoms with E-state index in [-0.39, 0.29) is 23.2 Å². The summed E-state index contributed by atoms with van der Waals surface area (Å²) in [6.45, 7) is 8.60. The second-order valence-electron chi connectivity index (χ2n) is 8.28. The molecule has 31 heavy (non-hydrogen) atoms. The third kappa shape index (κ3) is 6.24. The van der Waals surface area contributed by atoms with E-state index in [0.29, 0.717) is 21.8 Å². The summed E-state index contributed by atoms with van der Waals surface area (Å²) in [5.74, 6) is 1.28. The Kier molecular flexibility index (Phi) is 7.28. The van der Waals surface area contributed by atoms with Gasteiger partial charge in [0.2, 0.25) is 5.91 Å². The molecule has 1 amide bonds. The molecule has 6 nitrogen and oxygen atoms in total. The smallest absolute Gasteiger partial charge is 0.237 e. The third-order valence-electron chi connectivity index (χ3n) is 4.78. The molecule has 1 atom stereocenters. The van der Waals surface area contributed by atoms with Crippen molar-refractivity contribution in [2.45, 2.75) is 50.1 Å². The minimum absolute atomic E-state index is 0.0753. The van der Waals surface area contributed by atoms with E-state index in [1.807, 2.05) is 42.8 Å². The van der Waals surface area contributed by atoms with Gasteiger partial charge < -0.3 is 14.6 Å². The van der Waals surface area contributed by atoms with E-state index in [1.54, 1.807) is 24.3 Å². The molecule has 1 heterocycles. The van der Waals surface area contributed by atoms with Crippen molar-refractivity contribution < 1.29 is 9.53 Å². The lowest BCUT2D eigenvalue weighted by atomic mass is 9.87. The average molecular weight is 459 g/mol. The van der Waals surface area contributed by atoms with Crippen LogP contribution in [0.3, 0.4) is 0 Å². The summed E-state index contributed by atoms with van der Waals surface area (Å²) in [7, 11) is 1.86. The van der Waals surface area contributed by atoms with Crippen LogP contribution in [0.5, 0.6) is 5.75 Å². The van der Waals surface area contributed by atoms with Gasteiger partial charge in [0.25, 0.3) is 0 Å². The zero-order chi connectivity index (χ0) is 22.6. The maximum Gasteiger partial charge on any atom is 0.237 e. The van der Waals surface area contributed by atoms with Crippen molar-refractivity contribution in [3.05, 3.63) is 64.9 Å². The molecule has 0 fully saturated rings. The van der Waals surface area contributed by atoms with Crippen LogP contribution < -0.4 is 10.1 Å². The Morgan fingerprint density at radius 1 is 1.13 bits per heavy atom. The maximum absolute atomic E-state index is 12.6. The van der Waals surface area contributed by atoms with Crippen molar-refractivity contribution in [1.82, 2.24) is 14.8 Å². The molecule has 0 unspecified atom stereocenters. The van der Waals surface area contributed by atoms with Gasteiger partial charge in [0.1, 0.15) is 12.4 Å². The van der Waals surface area contributed by atoms with Crippen molar-refractivity contribution in [2.24, 2.45) is 7.05 Å². The Bertz CT molecular complexity index is 1030. The van der Waals surface area contributed by atoms with Crippen molar-refractivity contribution >= 4 is 35.0 Å². The summed E-state index contributed by atoms with van der Waals surface area (Å²) >= 11 is 7.24. The first-order chi connectivity index (χ1) is 14.6. The summed E-state index contributed by atoms with van der Waals surface area (Å²) in [5.41, 5.74) is 2.08. The number of hydrogen-bond donors (Lipinski definition) is 1. The van der Waals surface area contributed by atoms with Gasteiger partial charge in [0.15, 0.2) is 11.0 Å². The van der Waals surface area contributed by atoms with E-state index in [4.69, 9.17) is 16.3 Å². The first kappa shape index (κ1) is 23.2. The number of anilines is 1. The van der Waals surface area contributed by atoms with E-state index < -0.39 is 0 Å². The van der Waals surface area contributed by atoms with Gasteiger partial charge in [-0.05, 0) is 54.3 Å². The van der Waals surface area contributed by atoms with Crippen LogP contribution in [0.2, 0.25) is 5.02 Å². The molecule has 0 saturated heterocycles. The predicted octanol–water partition coefficient (Wildman–Crippen LogP) is 5.46. The molecule has 3 rings (SSSR count). The van der Waals surface area contributed by atoms with E-state index in [0.717, 1.165) is 5.69 Å². The molecule has 8 heteroatoms. The first-order valence-corrected chi connectivity index (χ1v) is 11.2. The lowest BCUT2D eigenvalue weighted by Crippen LogP contribution is -2.23. The Morgan fingerprint density at radius 3 is 2.39 bits per heavy atom. The SMILES string of the molecule is C[C@@H](Sc1nnc(COc2ccc(Cl)cc2)n1C)C(=O)Nc1ccc(C(C)(C)C)cc1. The molecule has 0 aliphatic rings. The Labute approximate surface area is 192 Å². The van der Waals surface area contributed by atoms with E-state index >= 15 is 0 Å². The van der Waals surface area contributed by atoms with Gasteiger partial charge in [-0.2, -0.15) is 0 Å². The van der Waals surface area contributed by atoms with E-state index in [9.17, 15) is 4.79 Å². The first-order valence-electron chi connectivity index (χ1n) is 9.98. The molecule has 0 aliphatic heterocycles. The van der Waals surface area contributed by atoms with Crippen molar-refractivity contribution in [1.29, 1.82) is 0 Å². The molecule has 0 bridgehead atoms. The number of carbonyl (C=O) groups is 1. The van der Waals surface area contributed by atoms with Crippen LogP contribution in [-0.4, -0.2) is 25.9 Å². The van der Waals surface area contributed by atoms with Crippen LogP contribution in [0.1, 0.15) is 39.1 Å². The molecular formula is C23H27ClN4O2S. The minimum Gasteiger partial charge on any atom is -0.486 e. The number of ether oxygens (including phenoxy) is 1. The number of hydrogen-bond acceptors (Lipinski definition) is 5. The fourth-order valence-electron chi connectivity index (χ4n) is 2.76. The largest absolute Gasteiger partial charge is 0.486 e. The summed E-state index contributed by atoms with van der Waals surface area (Å²) in [6, 6.07) is 15.1. The fourth-order valence-corrected chi connectivity index (χ4v) is 3.72. The molecule has 3 aromatic rings. The summed E-state index contributed by atoms with van der Waals surface area (Å²) < 4.78 is 7.57. The van der Waals surface area contributed by atoms with Gasteiger partial charge in [0.05, 0.1) is 5.25 Å². The number of thioether (sulfide) groups is 1. The molecule has 2 aromatic carbocycles. The van der Waals surface area contributed by atoms with Crippen molar-refractivity contribution in [3.63, 3.8) is 0 Å². The highest BCUT2D eigenvalue weighted by Crippen LogP contribution is 2.26. The number of nitrogens with one attached hydrogen (secondary N) is 1. The highest BCUT2D eigenvalue weighted by molar-refractivity contribution is 8.00. The maximum atomic E-state index is 12.6. The Morgan fingerprint density at radius 2 is 1.77 bits per heavy atom. The monoisotopic (exact) mass is 458 g/mol. The van der Waals surface area contributed by atoms with Crippen LogP contribution in [0, 0.1) is 0 Å². The number of nitrogens with zero attached hydrogens (tertiary/aromatic N) is 3. The van der Waals surface area contributed by atoms with Gasteiger partial charge in [-0.1, -0.05) is 56.3 Å². The molecule has 0 saturated carbocycles. The second kappa shape index (κ2) is 9.75. The summed E-state index contributed by atoms with van der Waals surface area (Å²) in [6.07, 6.45) is 0. The van der Waals surface area contributed by atoms with E-state index in [1.165, 1.54) is 17.3 Å². The molecule has 0 spiro atoms. The van der Waals surface area contributed by atoms with Crippen LogP contribution in [0.4, 0.5) is 5.69 Å². The van der Waals surface area contributed by atoms with Crippen molar-refractivity contribution in [3.8, 4) is 5.75 Å². The average Bonchev–Trinajstić information content (AvgIpc) is 3.06. The molecule has 0 aliphatic carbocycles. The zero-order valence-corrected chi connectivity index (χ0v) is 19.9. The van der Waals surface area contributed by atoms with Crippen LogP contribution in [-0.2, 0) is 23.9 Å². The highest BCUT2D eigenvalue weighted by atomic mass is 35.5. The number of rotatable bonds is 7. The number of halogens is 1. The van der Waals surface area contributed by atoms with Crippen LogP contribution in [0.25, 0.3) is 0 Å². The molecule has 1 aromatic heterocycles. The molecular weight excluding hydrogens is 432 g/mol. The normalized spacial score (nSPS) is 12.5. The molecule has 164 valence electrons. The zero-order valence-electron chi connectivity index (χ0n) is 18.3. The summed E-state index contributed by atoms with van der Waals surface area (Å²) in [4.78, 5) is 12.6. The van der Waals surface area contributed by atoms with E-state index in [2.05, 4.69) is 36.3 Å². The Balaban J connectivity index is 1.56. The third-order valence-corrected chi connectivity index (χ3v) is 6.16. The highest BCUT2D eigenvalue weighted by Gasteiger charge is 2.20. The number of benzene rings is 2. The Hall–Kier alpha value is -2.51. The van der Waals surface area contributed by atoms with Gasteiger partial charge >= 0.3 is 0 Å². The van der Waals surface area contributed by atoms with Gasteiger partial charge in [-0.15, -0.1) is 10.2 Å². The van der Waals surface area contributed by atoms with Crippen molar-refractivity contribution in [2.75, 3.05) is 5.32 Å². The minimum atomic E-state index is -0.338. The fraction of sp³-hybridized carbons (Fsp3) is 0.348. The van der Waals surface area contributed by atoms with Gasteiger partial charge in [0, 0.05) is 17.8 Å². The van der Waals surface area contributed by atoms with Crippen LogP contribution >= 0.6 is 23.4 Å². The number of carbonyl (C=O) groups excluding carboxylic acids is 1. The predicted molar refractivity (Wildman–Crippen MR) is 126 cm³/mol. The standard InChI is InChI=1S/C23H27ClN4O2S/c1-15(21(29)25-18-10-6-16(7-11-18)23(2,3)4)31-22-27-26-20(28(22)5)14-30-19-12-8-17(24)9-13-19/h6-13,15H,14H2,1-5H3,(H,25,29)/t15-/m1/s1. The van der Waals surface area contributed by atoms with Crippen LogP contribution in [0.15, 0.2) is 53.7 Å². The van der Waals surface area contributed by atoms with Gasteiger partial charge in [-0.25, -0.2) is 0 Å². The number of amides is 1. The lowest BCUT2D eigenvalue weighted by molar-refractivity contribution is -0.115. The second-order valence-corrected chi connectivity index (χ2v) is 10.0. The molecule has 0 radical (unpaired) electrons. The quantitative estimate of drug-likeness (QED) is 0.476. The summed E-state index contributed by atoms with van der Waals surface area (Å²) in [5, 5.41) is 12.3. The topological polar surface area (TPSA) is 69.0 Å². The number of aromatic nitrogens is 3.